The molecular formula is C8H14N4O2. The number of primary amides is 1. The van der Waals surface area contributed by atoms with Crippen LogP contribution in [0.3, 0.4) is 0 Å². The zero-order valence-corrected chi connectivity index (χ0v) is 8.12. The molecule has 0 aliphatic heterocycles. The molecule has 14 heavy (non-hydrogen) atoms. The van der Waals surface area contributed by atoms with Crippen LogP contribution in [-0.2, 0) is 11.3 Å². The molecule has 1 rings (SSSR count). The van der Waals surface area contributed by atoms with E-state index in [1.54, 1.807) is 0 Å². The number of amides is 1. The van der Waals surface area contributed by atoms with Gasteiger partial charge in [0.25, 0.3) is 0 Å². The van der Waals surface area contributed by atoms with Crippen molar-refractivity contribution >= 4 is 5.91 Å². The van der Waals surface area contributed by atoms with Crippen molar-refractivity contribution < 1.29 is 9.42 Å². The number of aryl methyl sites for hydroxylation is 1. The van der Waals surface area contributed by atoms with Crippen LogP contribution in [0.5, 0.6) is 0 Å². The third-order valence-electron chi connectivity index (χ3n) is 1.82. The molecule has 0 bridgehead atoms. The van der Waals surface area contributed by atoms with Gasteiger partial charge < -0.3 is 11.1 Å². The minimum Gasteiger partial charge on any atom is -0.370 e. The fourth-order valence-electron chi connectivity index (χ4n) is 1.00. The summed E-state index contributed by atoms with van der Waals surface area (Å²) in [6.07, 6.45) is 1.14. The van der Waals surface area contributed by atoms with Crippen LogP contribution in [0.2, 0.25) is 0 Å². The summed E-state index contributed by atoms with van der Waals surface area (Å²) >= 11 is 0. The highest BCUT2D eigenvalue weighted by atomic mass is 16.6. The highest BCUT2D eigenvalue weighted by molar-refractivity contribution is 5.73. The van der Waals surface area contributed by atoms with Gasteiger partial charge in [-0.2, -0.15) is 0 Å². The molecule has 0 aliphatic carbocycles. The van der Waals surface area contributed by atoms with Crippen LogP contribution < -0.4 is 11.1 Å². The second kappa shape index (κ2) is 5.33. The summed E-state index contributed by atoms with van der Waals surface area (Å²) in [4.78, 5) is 10.4. The fraction of sp³-hybridized carbons (Fsp3) is 0.625. The van der Waals surface area contributed by atoms with Gasteiger partial charge in [0.05, 0.1) is 0 Å². The topological polar surface area (TPSA) is 94.0 Å². The third-order valence-corrected chi connectivity index (χ3v) is 1.82. The first-order chi connectivity index (χ1) is 6.70. The predicted molar refractivity (Wildman–Crippen MR) is 49.2 cm³/mol. The summed E-state index contributed by atoms with van der Waals surface area (Å²) in [6.45, 7) is 3.17. The Morgan fingerprint density at radius 1 is 1.57 bits per heavy atom. The quantitative estimate of drug-likeness (QED) is 0.614. The van der Waals surface area contributed by atoms with Crippen molar-refractivity contribution in [2.45, 2.75) is 26.3 Å². The first-order valence-corrected chi connectivity index (χ1v) is 4.47. The van der Waals surface area contributed by atoms with Crippen molar-refractivity contribution in [2.24, 2.45) is 5.73 Å². The molecule has 6 nitrogen and oxygen atoms in total. The standard InChI is InChI=1S/C8H14N4O2/c1-6-7(12-14-11-6)5-10-4-2-3-8(9)13/h10H,2-5H2,1H3,(H2,9,13). The number of carbonyl (C=O) groups is 1. The van der Waals surface area contributed by atoms with Crippen LogP contribution in [0.4, 0.5) is 0 Å². The van der Waals surface area contributed by atoms with Gasteiger partial charge in [0.2, 0.25) is 5.91 Å². The molecule has 1 aromatic heterocycles. The molecule has 0 spiro atoms. The van der Waals surface area contributed by atoms with Gasteiger partial charge in [-0.05, 0) is 19.9 Å². The number of carbonyl (C=O) groups excluding carboxylic acids is 1. The number of hydrogen-bond acceptors (Lipinski definition) is 5. The van der Waals surface area contributed by atoms with Gasteiger partial charge in [-0.25, -0.2) is 4.63 Å². The van der Waals surface area contributed by atoms with Crippen LogP contribution >= 0.6 is 0 Å². The lowest BCUT2D eigenvalue weighted by Gasteiger charge is -2.00. The van der Waals surface area contributed by atoms with Crippen molar-refractivity contribution in [1.82, 2.24) is 15.6 Å². The first kappa shape index (κ1) is 10.6. The Hall–Kier alpha value is -1.43. The normalized spacial score (nSPS) is 10.4. The molecule has 0 unspecified atom stereocenters. The van der Waals surface area contributed by atoms with E-state index in [2.05, 4.69) is 20.3 Å². The summed E-state index contributed by atoms with van der Waals surface area (Å²) in [6, 6.07) is 0. The van der Waals surface area contributed by atoms with Crippen molar-refractivity contribution in [2.75, 3.05) is 6.54 Å². The molecular weight excluding hydrogens is 184 g/mol. The van der Waals surface area contributed by atoms with E-state index >= 15 is 0 Å². The number of nitrogens with two attached hydrogens (primary N) is 1. The highest BCUT2D eigenvalue weighted by Gasteiger charge is 2.03. The Kier molecular flexibility index (Phi) is 4.06. The Bertz CT molecular complexity index is 297. The Morgan fingerprint density at radius 2 is 2.36 bits per heavy atom. The zero-order chi connectivity index (χ0) is 10.4. The van der Waals surface area contributed by atoms with E-state index in [1.165, 1.54) is 0 Å². The van der Waals surface area contributed by atoms with Gasteiger partial charge in [-0.3, -0.25) is 4.79 Å². The summed E-state index contributed by atoms with van der Waals surface area (Å²) in [5.41, 5.74) is 6.57. The maximum absolute atomic E-state index is 10.4. The SMILES string of the molecule is Cc1nonc1CNCCCC(N)=O. The van der Waals surface area contributed by atoms with Crippen LogP contribution in [0, 0.1) is 6.92 Å². The number of nitrogens with one attached hydrogen (secondary N) is 1. The average molecular weight is 198 g/mol. The molecule has 6 heteroatoms. The summed E-state index contributed by atoms with van der Waals surface area (Å²) in [5, 5.41) is 10.5. The first-order valence-electron chi connectivity index (χ1n) is 4.47. The van der Waals surface area contributed by atoms with E-state index in [0.29, 0.717) is 13.0 Å². The molecule has 3 N–H and O–H groups in total. The molecule has 0 radical (unpaired) electrons. The largest absolute Gasteiger partial charge is 0.370 e. The molecule has 1 aromatic rings. The van der Waals surface area contributed by atoms with E-state index in [-0.39, 0.29) is 5.91 Å². The molecule has 0 atom stereocenters. The Balaban J connectivity index is 2.10. The fourth-order valence-corrected chi connectivity index (χ4v) is 1.00. The molecule has 0 saturated carbocycles. The van der Waals surface area contributed by atoms with Crippen LogP contribution in [0.25, 0.3) is 0 Å². The molecule has 1 heterocycles. The second-order valence-corrected chi connectivity index (χ2v) is 3.04. The number of aromatic nitrogens is 2. The predicted octanol–water partition coefficient (Wildman–Crippen LogP) is -0.267. The van der Waals surface area contributed by atoms with Gasteiger partial charge >= 0.3 is 0 Å². The summed E-state index contributed by atoms with van der Waals surface area (Å²) < 4.78 is 4.53. The van der Waals surface area contributed by atoms with Crippen LogP contribution in [-0.4, -0.2) is 22.8 Å². The van der Waals surface area contributed by atoms with E-state index in [0.717, 1.165) is 24.4 Å². The van der Waals surface area contributed by atoms with Gasteiger partial charge in [-0.1, -0.05) is 10.3 Å². The van der Waals surface area contributed by atoms with Crippen molar-refractivity contribution in [3.63, 3.8) is 0 Å². The minimum atomic E-state index is -0.272. The van der Waals surface area contributed by atoms with Crippen molar-refractivity contribution in [3.8, 4) is 0 Å². The summed E-state index contributed by atoms with van der Waals surface area (Å²) in [7, 11) is 0. The van der Waals surface area contributed by atoms with Crippen molar-refractivity contribution in [1.29, 1.82) is 0 Å². The molecule has 0 fully saturated rings. The van der Waals surface area contributed by atoms with Gasteiger partial charge in [0.1, 0.15) is 11.4 Å². The van der Waals surface area contributed by atoms with Crippen LogP contribution in [0.15, 0.2) is 4.63 Å². The minimum absolute atomic E-state index is 0.272. The van der Waals surface area contributed by atoms with E-state index in [1.807, 2.05) is 6.92 Å². The second-order valence-electron chi connectivity index (χ2n) is 3.04. The lowest BCUT2D eigenvalue weighted by molar-refractivity contribution is -0.118. The van der Waals surface area contributed by atoms with Gasteiger partial charge in [0, 0.05) is 13.0 Å². The maximum atomic E-state index is 10.4. The number of rotatable bonds is 6. The van der Waals surface area contributed by atoms with Gasteiger partial charge in [0.15, 0.2) is 0 Å². The maximum Gasteiger partial charge on any atom is 0.217 e. The number of nitrogens with zero attached hydrogens (tertiary/aromatic N) is 2. The Labute approximate surface area is 81.8 Å². The third kappa shape index (κ3) is 3.53. The van der Waals surface area contributed by atoms with Crippen LogP contribution in [0.1, 0.15) is 24.2 Å². The van der Waals surface area contributed by atoms with E-state index < -0.39 is 0 Å². The number of hydrogen-bond donors (Lipinski definition) is 2. The lowest BCUT2D eigenvalue weighted by atomic mass is 10.3. The summed E-state index contributed by atoms with van der Waals surface area (Å²) in [5.74, 6) is -0.272. The smallest absolute Gasteiger partial charge is 0.217 e. The highest BCUT2D eigenvalue weighted by Crippen LogP contribution is 1.99. The Morgan fingerprint density at radius 3 is 2.93 bits per heavy atom. The van der Waals surface area contributed by atoms with Gasteiger partial charge in [-0.15, -0.1) is 0 Å². The van der Waals surface area contributed by atoms with E-state index in [4.69, 9.17) is 5.73 Å². The lowest BCUT2D eigenvalue weighted by Crippen LogP contribution is -2.18. The van der Waals surface area contributed by atoms with Crippen molar-refractivity contribution in [3.05, 3.63) is 11.4 Å². The molecule has 0 saturated heterocycles. The van der Waals surface area contributed by atoms with E-state index in [9.17, 15) is 4.79 Å². The monoisotopic (exact) mass is 198 g/mol. The molecule has 0 aromatic carbocycles. The zero-order valence-electron chi connectivity index (χ0n) is 8.12. The average Bonchev–Trinajstić information content (AvgIpc) is 2.51. The molecule has 78 valence electrons. The molecule has 0 aliphatic rings. The molecule has 1 amide bonds.